The monoisotopic (exact) mass is 250 g/mol. The van der Waals surface area contributed by atoms with Gasteiger partial charge in [0.1, 0.15) is 5.76 Å². The van der Waals surface area contributed by atoms with Crippen molar-refractivity contribution in [1.82, 2.24) is 5.43 Å². The van der Waals surface area contributed by atoms with Crippen molar-refractivity contribution in [3.8, 4) is 0 Å². The third kappa shape index (κ3) is 2.96. The van der Waals surface area contributed by atoms with Gasteiger partial charge in [-0.05, 0) is 55.1 Å². The van der Waals surface area contributed by atoms with Gasteiger partial charge in [0.2, 0.25) is 0 Å². The Kier molecular flexibility index (Phi) is 4.13. The lowest BCUT2D eigenvalue weighted by Crippen LogP contribution is -2.36. The number of hydrogen-bond acceptors (Lipinski definition) is 3. The van der Waals surface area contributed by atoms with Gasteiger partial charge in [0.05, 0.1) is 12.3 Å². The van der Waals surface area contributed by atoms with Crippen molar-refractivity contribution in [3.63, 3.8) is 0 Å². The molecule has 3 N–H and O–H groups in total. The van der Waals surface area contributed by atoms with Crippen LogP contribution in [0.15, 0.2) is 22.8 Å². The first-order valence-corrected chi connectivity index (χ1v) is 7.02. The zero-order valence-corrected chi connectivity index (χ0v) is 11.8. The molecule has 18 heavy (non-hydrogen) atoms. The highest BCUT2D eigenvalue weighted by atomic mass is 16.3. The van der Waals surface area contributed by atoms with E-state index in [-0.39, 0.29) is 6.04 Å². The van der Waals surface area contributed by atoms with E-state index >= 15 is 0 Å². The number of rotatable bonds is 3. The van der Waals surface area contributed by atoms with Crippen LogP contribution in [-0.4, -0.2) is 0 Å². The first-order valence-electron chi connectivity index (χ1n) is 7.02. The molecule has 1 atom stereocenters. The Morgan fingerprint density at radius 3 is 2.39 bits per heavy atom. The zero-order chi connectivity index (χ0) is 13.2. The lowest BCUT2D eigenvalue weighted by Gasteiger charge is -2.38. The molecule has 1 aliphatic rings. The van der Waals surface area contributed by atoms with Gasteiger partial charge in [-0.25, -0.2) is 5.43 Å². The summed E-state index contributed by atoms with van der Waals surface area (Å²) < 4.78 is 5.49. The van der Waals surface area contributed by atoms with Gasteiger partial charge >= 0.3 is 0 Å². The Bertz CT molecular complexity index is 345. The van der Waals surface area contributed by atoms with Crippen molar-refractivity contribution in [3.05, 3.63) is 24.2 Å². The van der Waals surface area contributed by atoms with Crippen LogP contribution in [0.1, 0.15) is 58.3 Å². The van der Waals surface area contributed by atoms with Gasteiger partial charge in [-0.3, -0.25) is 5.84 Å². The summed E-state index contributed by atoms with van der Waals surface area (Å²) in [4.78, 5) is 0. The van der Waals surface area contributed by atoms with Crippen LogP contribution in [0.4, 0.5) is 0 Å². The van der Waals surface area contributed by atoms with E-state index in [1.54, 1.807) is 6.26 Å². The van der Waals surface area contributed by atoms with E-state index in [9.17, 15) is 0 Å². The zero-order valence-electron chi connectivity index (χ0n) is 11.8. The quantitative estimate of drug-likeness (QED) is 0.636. The van der Waals surface area contributed by atoms with Crippen molar-refractivity contribution in [2.45, 2.75) is 52.5 Å². The first kappa shape index (κ1) is 13.6. The van der Waals surface area contributed by atoms with Crippen molar-refractivity contribution < 1.29 is 4.42 Å². The Hall–Kier alpha value is -0.800. The fourth-order valence-electron chi connectivity index (χ4n) is 3.24. The van der Waals surface area contributed by atoms with Crippen LogP contribution in [0.2, 0.25) is 0 Å². The average molecular weight is 250 g/mol. The Labute approximate surface area is 110 Å². The molecule has 1 aromatic rings. The second-order valence-corrected chi connectivity index (χ2v) is 6.64. The molecule has 1 fully saturated rings. The van der Waals surface area contributed by atoms with Gasteiger partial charge in [0, 0.05) is 0 Å². The van der Waals surface area contributed by atoms with E-state index in [1.165, 1.54) is 25.7 Å². The second kappa shape index (κ2) is 5.45. The first-order chi connectivity index (χ1) is 8.52. The third-order valence-electron chi connectivity index (χ3n) is 4.50. The molecule has 0 bridgehead atoms. The van der Waals surface area contributed by atoms with E-state index in [0.29, 0.717) is 11.3 Å². The maximum Gasteiger partial charge on any atom is 0.122 e. The largest absolute Gasteiger partial charge is 0.468 e. The molecule has 0 radical (unpaired) electrons. The van der Waals surface area contributed by atoms with Crippen LogP contribution in [-0.2, 0) is 0 Å². The fourth-order valence-corrected chi connectivity index (χ4v) is 3.24. The number of hydrogen-bond donors (Lipinski definition) is 2. The number of nitrogens with two attached hydrogens (primary N) is 1. The molecule has 1 saturated carbocycles. The number of hydrazine groups is 1. The standard InChI is InChI=1S/C15H26N2O/c1-15(2,3)12-8-6-11(7-9-12)14(17-16)13-5-4-10-18-13/h4-5,10-12,14,17H,6-9,16H2,1-3H3. The predicted molar refractivity (Wildman–Crippen MR) is 73.7 cm³/mol. The molecule has 1 unspecified atom stereocenters. The average Bonchev–Trinajstić information content (AvgIpc) is 2.83. The van der Waals surface area contributed by atoms with Crippen molar-refractivity contribution >= 4 is 0 Å². The summed E-state index contributed by atoms with van der Waals surface area (Å²) in [6, 6.07) is 4.11. The van der Waals surface area contributed by atoms with Crippen LogP contribution in [0.25, 0.3) is 0 Å². The summed E-state index contributed by atoms with van der Waals surface area (Å²) in [5, 5.41) is 0. The summed E-state index contributed by atoms with van der Waals surface area (Å²) in [6.07, 6.45) is 6.79. The van der Waals surface area contributed by atoms with Crippen molar-refractivity contribution in [1.29, 1.82) is 0 Å². The molecular weight excluding hydrogens is 224 g/mol. The molecule has 3 nitrogen and oxygen atoms in total. The smallest absolute Gasteiger partial charge is 0.122 e. The van der Waals surface area contributed by atoms with Gasteiger partial charge in [0.15, 0.2) is 0 Å². The highest BCUT2D eigenvalue weighted by Gasteiger charge is 2.33. The predicted octanol–water partition coefficient (Wildman–Crippen LogP) is 3.64. The second-order valence-electron chi connectivity index (χ2n) is 6.64. The molecule has 3 heteroatoms. The maximum absolute atomic E-state index is 5.71. The molecule has 0 spiro atoms. The van der Waals surface area contributed by atoms with E-state index in [4.69, 9.17) is 10.3 Å². The molecule has 0 saturated heterocycles. The van der Waals surface area contributed by atoms with Crippen molar-refractivity contribution in [2.75, 3.05) is 0 Å². The molecule has 0 aliphatic heterocycles. The summed E-state index contributed by atoms with van der Waals surface area (Å²) in [7, 11) is 0. The molecule has 1 heterocycles. The van der Waals surface area contributed by atoms with Crippen LogP contribution in [0.3, 0.4) is 0 Å². The van der Waals surface area contributed by atoms with Gasteiger partial charge in [-0.2, -0.15) is 0 Å². The summed E-state index contributed by atoms with van der Waals surface area (Å²) in [5.74, 6) is 8.11. The minimum Gasteiger partial charge on any atom is -0.468 e. The summed E-state index contributed by atoms with van der Waals surface area (Å²) >= 11 is 0. The topological polar surface area (TPSA) is 51.2 Å². The molecule has 102 valence electrons. The Morgan fingerprint density at radius 1 is 1.28 bits per heavy atom. The van der Waals surface area contributed by atoms with E-state index in [0.717, 1.165) is 11.7 Å². The van der Waals surface area contributed by atoms with Crippen LogP contribution < -0.4 is 11.3 Å². The Balaban J connectivity index is 1.96. The lowest BCUT2D eigenvalue weighted by molar-refractivity contribution is 0.127. The lowest BCUT2D eigenvalue weighted by atomic mass is 9.68. The van der Waals surface area contributed by atoms with Crippen LogP contribution in [0.5, 0.6) is 0 Å². The summed E-state index contributed by atoms with van der Waals surface area (Å²) in [5.41, 5.74) is 3.37. The van der Waals surface area contributed by atoms with Gasteiger partial charge in [-0.15, -0.1) is 0 Å². The molecule has 0 amide bonds. The van der Waals surface area contributed by atoms with Crippen LogP contribution in [0, 0.1) is 17.3 Å². The highest BCUT2D eigenvalue weighted by Crippen LogP contribution is 2.43. The third-order valence-corrected chi connectivity index (χ3v) is 4.50. The fraction of sp³-hybridized carbons (Fsp3) is 0.733. The highest BCUT2D eigenvalue weighted by molar-refractivity contribution is 5.06. The van der Waals surface area contributed by atoms with Crippen LogP contribution >= 0.6 is 0 Å². The maximum atomic E-state index is 5.71. The summed E-state index contributed by atoms with van der Waals surface area (Å²) in [6.45, 7) is 7.05. The van der Waals surface area contributed by atoms with Gasteiger partial charge in [-0.1, -0.05) is 20.8 Å². The van der Waals surface area contributed by atoms with E-state index in [2.05, 4.69) is 26.2 Å². The van der Waals surface area contributed by atoms with Gasteiger partial charge < -0.3 is 4.42 Å². The van der Waals surface area contributed by atoms with E-state index in [1.807, 2.05) is 12.1 Å². The molecule has 1 aromatic heterocycles. The molecule has 0 aromatic carbocycles. The van der Waals surface area contributed by atoms with E-state index < -0.39 is 0 Å². The number of furan rings is 1. The molecule has 1 aliphatic carbocycles. The SMILES string of the molecule is CC(C)(C)C1CCC(C(NN)c2ccco2)CC1. The van der Waals surface area contributed by atoms with Crippen molar-refractivity contribution in [2.24, 2.45) is 23.1 Å². The number of nitrogens with one attached hydrogen (secondary N) is 1. The minimum absolute atomic E-state index is 0.168. The molecular formula is C15H26N2O. The Morgan fingerprint density at radius 2 is 1.94 bits per heavy atom. The minimum atomic E-state index is 0.168. The molecule has 2 rings (SSSR count). The normalized spacial score (nSPS) is 27.1. The van der Waals surface area contributed by atoms with Gasteiger partial charge in [0.25, 0.3) is 0 Å².